The summed E-state index contributed by atoms with van der Waals surface area (Å²) in [5.74, 6) is 1.82. The first-order valence-electron chi connectivity index (χ1n) is 24.1. The summed E-state index contributed by atoms with van der Waals surface area (Å²) >= 11 is 0. The van der Waals surface area contributed by atoms with E-state index in [1.54, 1.807) is 0 Å². The summed E-state index contributed by atoms with van der Waals surface area (Å²) in [7, 11) is 0. The predicted octanol–water partition coefficient (Wildman–Crippen LogP) is 12.6. The van der Waals surface area contributed by atoms with Crippen LogP contribution in [0.3, 0.4) is 0 Å². The second-order valence-corrected chi connectivity index (χ2v) is 17.8. The summed E-state index contributed by atoms with van der Waals surface area (Å²) in [6.45, 7) is 10.1. The van der Waals surface area contributed by atoms with Gasteiger partial charge in [0, 0.05) is 18.9 Å². The molecule has 0 N–H and O–H groups in total. The Kier molecular flexibility index (Phi) is 27.1. The number of carbonyl (C=O) groups is 3. The quantitative estimate of drug-likeness (QED) is 0.0320. The highest BCUT2D eigenvalue weighted by Gasteiger charge is 2.34. The van der Waals surface area contributed by atoms with Crippen LogP contribution in [-0.2, 0) is 28.5 Å². The van der Waals surface area contributed by atoms with Gasteiger partial charge in [0.25, 0.3) is 0 Å². The Morgan fingerprint density at radius 1 is 0.614 bits per heavy atom. The molecule has 0 amide bonds. The van der Waals surface area contributed by atoms with E-state index in [-0.39, 0.29) is 37.7 Å². The van der Waals surface area contributed by atoms with E-state index in [0.29, 0.717) is 18.9 Å². The van der Waals surface area contributed by atoms with E-state index in [1.807, 2.05) is 0 Å². The van der Waals surface area contributed by atoms with Crippen molar-refractivity contribution in [2.24, 2.45) is 35.5 Å². The lowest BCUT2D eigenvalue weighted by Gasteiger charge is -2.37. The van der Waals surface area contributed by atoms with Crippen LogP contribution in [0.15, 0.2) is 24.3 Å². The molecule has 8 heteroatoms. The summed E-state index contributed by atoms with van der Waals surface area (Å²) in [4.78, 5) is 40.9. The summed E-state index contributed by atoms with van der Waals surface area (Å²) in [5, 5.41) is 0. The summed E-state index contributed by atoms with van der Waals surface area (Å²) in [6, 6.07) is 0. The van der Waals surface area contributed by atoms with Gasteiger partial charge in [0.15, 0.2) is 0 Å². The lowest BCUT2D eigenvalue weighted by atomic mass is 9.68. The number of ether oxygens (including phenoxy) is 4. The summed E-state index contributed by atoms with van der Waals surface area (Å²) < 4.78 is 22.5. The topological polar surface area (TPSA) is 91.4 Å². The first-order valence-corrected chi connectivity index (χ1v) is 24.1. The molecule has 0 aromatic carbocycles. The number of hydrogen-bond donors (Lipinski definition) is 0. The lowest BCUT2D eigenvalue weighted by Crippen LogP contribution is -2.37. The first-order chi connectivity index (χ1) is 27.9. The normalized spacial score (nSPS) is 23.7. The molecule has 3 fully saturated rings. The smallest absolute Gasteiger partial charge is 0.465 e. The van der Waals surface area contributed by atoms with Gasteiger partial charge in [0.1, 0.15) is 19.8 Å². The maximum atomic E-state index is 13.3. The van der Waals surface area contributed by atoms with Crippen molar-refractivity contribution >= 4 is 18.1 Å². The lowest BCUT2D eigenvalue weighted by molar-refractivity contribution is -0.154. The van der Waals surface area contributed by atoms with Crippen molar-refractivity contribution in [3.63, 3.8) is 0 Å². The van der Waals surface area contributed by atoms with Crippen LogP contribution in [0.1, 0.15) is 188 Å². The van der Waals surface area contributed by atoms with Crippen LogP contribution in [0.25, 0.3) is 0 Å². The van der Waals surface area contributed by atoms with Crippen LogP contribution in [0, 0.1) is 35.5 Å². The van der Waals surface area contributed by atoms with E-state index < -0.39 is 12.1 Å². The molecule has 328 valence electrons. The number of carbonyl (C=O) groups excluding carboxylic acids is 3. The van der Waals surface area contributed by atoms with E-state index >= 15 is 0 Å². The molecular formula is C49H85NO7. The number of rotatable bonds is 29. The number of allylic oxidation sites excluding steroid dienone is 4. The minimum atomic E-state index is -0.718. The maximum absolute atomic E-state index is 13.3. The molecule has 3 aliphatic rings. The number of piperidine rings is 1. The molecule has 2 atom stereocenters. The number of hydrogen-bond acceptors (Lipinski definition) is 8. The first kappa shape index (κ1) is 49.0. The molecule has 0 bridgehead atoms. The van der Waals surface area contributed by atoms with Crippen LogP contribution in [-0.4, -0.2) is 69.1 Å². The van der Waals surface area contributed by atoms with Gasteiger partial charge in [-0.25, -0.2) is 4.79 Å². The average Bonchev–Trinajstić information content (AvgIpc) is 3.24. The monoisotopic (exact) mass is 800 g/mol. The Balaban J connectivity index is 1.34. The van der Waals surface area contributed by atoms with Crippen LogP contribution in [0.5, 0.6) is 0 Å². The second-order valence-electron chi connectivity index (χ2n) is 17.8. The van der Waals surface area contributed by atoms with Gasteiger partial charge in [-0.2, -0.15) is 0 Å². The Morgan fingerprint density at radius 2 is 1.23 bits per heavy atom. The summed E-state index contributed by atoms with van der Waals surface area (Å²) in [6.07, 6.45) is 38.2. The second kappa shape index (κ2) is 31.6. The molecular weight excluding hydrogens is 715 g/mol. The SMILES string of the molecule is CCCCC/C=C\C/C=C\CCCCCCCC(=O)OCC(COC(=O)OCC1CCCN(CC)C1)COC(=O)[C@H]1CC[C@H]([C@H]2CC[C@H](CCCCC)CC2)CC1. The standard InChI is InChI=1S/C49H85NO7/c1-4-7-9-10-11-12-13-14-15-16-17-18-19-20-22-26-47(51)54-38-43(40-57-49(53)56-37-42-25-23-35-50(6-3)36-42)39-55-48(52)46-33-31-45(32-34-46)44-29-27-41(28-30-44)24-21-8-5-2/h11-12,14-15,41-46H,4-10,13,16-40H2,1-3H3/b12-11-,15-14-/t41-,42?,43?,44-,45-,46-. The average molecular weight is 800 g/mol. The van der Waals surface area contributed by atoms with Gasteiger partial charge in [0.05, 0.1) is 18.4 Å². The molecule has 2 unspecified atom stereocenters. The largest absolute Gasteiger partial charge is 0.508 e. The van der Waals surface area contributed by atoms with E-state index in [1.165, 1.54) is 83.5 Å². The minimum Gasteiger partial charge on any atom is -0.465 e. The zero-order chi connectivity index (χ0) is 40.8. The molecule has 8 nitrogen and oxygen atoms in total. The number of likely N-dealkylation sites (tertiary alicyclic amines) is 1. The van der Waals surface area contributed by atoms with Gasteiger partial charge in [-0.3, -0.25) is 9.59 Å². The molecule has 2 saturated carbocycles. The number of esters is 2. The molecule has 0 aromatic heterocycles. The van der Waals surface area contributed by atoms with Crippen molar-refractivity contribution in [3.8, 4) is 0 Å². The van der Waals surface area contributed by atoms with Crippen LogP contribution in [0.4, 0.5) is 4.79 Å². The van der Waals surface area contributed by atoms with Gasteiger partial charge >= 0.3 is 18.1 Å². The molecule has 1 saturated heterocycles. The molecule has 3 rings (SSSR count). The molecule has 1 aliphatic heterocycles. The minimum absolute atomic E-state index is 0.0251. The Hall–Kier alpha value is -2.35. The van der Waals surface area contributed by atoms with E-state index in [9.17, 15) is 14.4 Å². The summed E-state index contributed by atoms with van der Waals surface area (Å²) in [5.41, 5.74) is 0. The van der Waals surface area contributed by atoms with Gasteiger partial charge in [-0.05, 0) is 121 Å². The highest BCUT2D eigenvalue weighted by atomic mass is 16.7. The van der Waals surface area contributed by atoms with Crippen molar-refractivity contribution in [2.45, 2.75) is 188 Å². The maximum Gasteiger partial charge on any atom is 0.508 e. The van der Waals surface area contributed by atoms with Crippen molar-refractivity contribution in [3.05, 3.63) is 24.3 Å². The third-order valence-electron chi connectivity index (χ3n) is 13.1. The Morgan fingerprint density at radius 3 is 1.93 bits per heavy atom. The number of unbranched alkanes of at least 4 members (excludes halogenated alkanes) is 10. The van der Waals surface area contributed by atoms with E-state index in [4.69, 9.17) is 18.9 Å². The van der Waals surface area contributed by atoms with Gasteiger partial charge in [-0.1, -0.05) is 116 Å². The Labute approximate surface area is 349 Å². The fraction of sp³-hybridized carbons (Fsp3) is 0.857. The van der Waals surface area contributed by atoms with Crippen LogP contribution in [0.2, 0.25) is 0 Å². The molecule has 0 spiro atoms. The molecule has 1 heterocycles. The van der Waals surface area contributed by atoms with Gasteiger partial charge in [-0.15, -0.1) is 0 Å². The zero-order valence-corrected chi connectivity index (χ0v) is 36.9. The highest BCUT2D eigenvalue weighted by molar-refractivity contribution is 5.72. The van der Waals surface area contributed by atoms with Crippen LogP contribution >= 0.6 is 0 Å². The number of nitrogens with zero attached hydrogens (tertiary/aromatic N) is 1. The molecule has 0 aromatic rings. The third-order valence-corrected chi connectivity index (χ3v) is 13.1. The third kappa shape index (κ3) is 22.6. The fourth-order valence-corrected chi connectivity index (χ4v) is 9.27. The van der Waals surface area contributed by atoms with Gasteiger partial charge < -0.3 is 23.8 Å². The molecule has 2 aliphatic carbocycles. The molecule has 57 heavy (non-hydrogen) atoms. The molecule has 0 radical (unpaired) electrons. The van der Waals surface area contributed by atoms with Crippen molar-refractivity contribution in [1.82, 2.24) is 4.90 Å². The van der Waals surface area contributed by atoms with Crippen molar-refractivity contribution < 1.29 is 33.3 Å². The van der Waals surface area contributed by atoms with Crippen LogP contribution < -0.4 is 0 Å². The van der Waals surface area contributed by atoms with E-state index in [2.05, 4.69) is 50.0 Å². The Bertz CT molecular complexity index is 1110. The van der Waals surface area contributed by atoms with E-state index in [0.717, 1.165) is 114 Å². The fourth-order valence-electron chi connectivity index (χ4n) is 9.27. The predicted molar refractivity (Wildman–Crippen MR) is 232 cm³/mol. The van der Waals surface area contributed by atoms with Crippen molar-refractivity contribution in [1.29, 1.82) is 0 Å². The van der Waals surface area contributed by atoms with Gasteiger partial charge in [0.2, 0.25) is 0 Å². The zero-order valence-electron chi connectivity index (χ0n) is 36.9. The van der Waals surface area contributed by atoms with Crippen molar-refractivity contribution in [2.75, 3.05) is 46.1 Å². The highest BCUT2D eigenvalue weighted by Crippen LogP contribution is 2.42.